The molecule has 0 aliphatic heterocycles. The van der Waals surface area contributed by atoms with Crippen LogP contribution in [0.1, 0.15) is 72.7 Å². The number of nitrogens with zero attached hydrogens (tertiary/aromatic N) is 1. The summed E-state index contributed by atoms with van der Waals surface area (Å²) in [5.41, 5.74) is 10.6. The van der Waals surface area contributed by atoms with E-state index >= 15 is 0 Å². The Kier molecular flexibility index (Phi) is 6.87. The number of nitrogens with two attached hydrogens (primary N) is 2. The van der Waals surface area contributed by atoms with Crippen LogP contribution in [0.3, 0.4) is 0 Å². The van der Waals surface area contributed by atoms with Gasteiger partial charge in [-0.3, -0.25) is 4.79 Å². The maximum atomic E-state index is 13.2. The molecule has 0 bridgehead atoms. The fourth-order valence-electron chi connectivity index (χ4n) is 3.03. The van der Waals surface area contributed by atoms with Crippen LogP contribution in [0, 0.1) is 0 Å². The Labute approximate surface area is 189 Å². The van der Waals surface area contributed by atoms with Gasteiger partial charge in [0.2, 0.25) is 6.41 Å². The zero-order valence-corrected chi connectivity index (χ0v) is 20.5. The summed E-state index contributed by atoms with van der Waals surface area (Å²) in [5, 5.41) is 3.51. The highest BCUT2D eigenvalue weighted by molar-refractivity contribution is 6.14. The summed E-state index contributed by atoms with van der Waals surface area (Å²) in [6, 6.07) is 4.86. The molecular weight excluding hydrogens is 412 g/mol. The molecule has 0 radical (unpaired) electrons. The molecule has 2 rings (SSSR count). The number of hydrogen-bond acceptors (Lipinski definition) is 7. The SMILES string of the molecule is CC(C)(C)OC(=O)n1c(NC(OC(C)(C)C)OC(C)(C)C)c(C(N)=O)c2ccc(N)cc21. The zero-order valence-electron chi connectivity index (χ0n) is 20.5. The van der Waals surface area contributed by atoms with Crippen LogP contribution in [0.15, 0.2) is 18.2 Å². The molecule has 1 heterocycles. The summed E-state index contributed by atoms with van der Waals surface area (Å²) < 4.78 is 18.9. The van der Waals surface area contributed by atoms with Gasteiger partial charge < -0.3 is 31.0 Å². The maximum Gasteiger partial charge on any atom is 0.420 e. The third-order valence-corrected chi connectivity index (χ3v) is 3.99. The lowest BCUT2D eigenvalue weighted by Crippen LogP contribution is -2.41. The molecule has 0 fully saturated rings. The van der Waals surface area contributed by atoms with Gasteiger partial charge in [-0.1, -0.05) is 0 Å². The first-order valence-corrected chi connectivity index (χ1v) is 10.5. The summed E-state index contributed by atoms with van der Waals surface area (Å²) in [7, 11) is 0. The van der Waals surface area contributed by atoms with Crippen molar-refractivity contribution in [3.05, 3.63) is 23.8 Å². The van der Waals surface area contributed by atoms with E-state index in [0.29, 0.717) is 16.6 Å². The summed E-state index contributed by atoms with van der Waals surface area (Å²) >= 11 is 0. The van der Waals surface area contributed by atoms with Crippen LogP contribution in [-0.2, 0) is 14.2 Å². The number of aromatic nitrogens is 1. The number of primary amides is 1. The van der Waals surface area contributed by atoms with Gasteiger partial charge in [0.1, 0.15) is 11.4 Å². The van der Waals surface area contributed by atoms with Gasteiger partial charge in [-0.15, -0.1) is 0 Å². The Bertz CT molecular complexity index is 991. The third kappa shape index (κ3) is 6.61. The van der Waals surface area contributed by atoms with Gasteiger partial charge in [0.05, 0.1) is 22.3 Å². The summed E-state index contributed by atoms with van der Waals surface area (Å²) in [6.07, 6.45) is -1.70. The minimum Gasteiger partial charge on any atom is -0.443 e. The molecule has 5 N–H and O–H groups in total. The molecule has 1 amide bonds. The van der Waals surface area contributed by atoms with Crippen molar-refractivity contribution in [2.75, 3.05) is 11.1 Å². The van der Waals surface area contributed by atoms with E-state index in [1.54, 1.807) is 39.0 Å². The summed E-state index contributed by atoms with van der Waals surface area (Å²) in [5.74, 6) is -0.624. The van der Waals surface area contributed by atoms with Crippen molar-refractivity contribution in [1.82, 2.24) is 4.57 Å². The highest BCUT2D eigenvalue weighted by atomic mass is 16.7. The molecule has 2 aromatic rings. The number of hydrogen-bond donors (Lipinski definition) is 3. The summed E-state index contributed by atoms with van der Waals surface area (Å²) in [4.78, 5) is 25.7. The third-order valence-electron chi connectivity index (χ3n) is 3.99. The van der Waals surface area contributed by atoms with Gasteiger partial charge in [-0.05, 0) is 80.5 Å². The van der Waals surface area contributed by atoms with Crippen LogP contribution in [-0.4, -0.2) is 39.8 Å². The number of carbonyl (C=O) groups is 2. The van der Waals surface area contributed by atoms with Crippen LogP contribution in [0.25, 0.3) is 10.9 Å². The molecule has 178 valence electrons. The van der Waals surface area contributed by atoms with Crippen LogP contribution in [0.5, 0.6) is 0 Å². The van der Waals surface area contributed by atoms with Gasteiger partial charge in [0.15, 0.2) is 0 Å². The van der Waals surface area contributed by atoms with Crippen molar-refractivity contribution in [2.24, 2.45) is 5.73 Å². The Morgan fingerprint density at radius 2 is 1.47 bits per heavy atom. The second-order valence-electron chi connectivity index (χ2n) is 10.6. The van der Waals surface area contributed by atoms with Crippen LogP contribution < -0.4 is 16.8 Å². The number of anilines is 2. The fourth-order valence-corrected chi connectivity index (χ4v) is 3.03. The van der Waals surface area contributed by atoms with Crippen molar-refractivity contribution >= 4 is 34.4 Å². The van der Waals surface area contributed by atoms with Crippen molar-refractivity contribution in [3.63, 3.8) is 0 Å². The topological polar surface area (TPSA) is 131 Å². The number of fused-ring (bicyclic) bond motifs is 1. The predicted molar refractivity (Wildman–Crippen MR) is 126 cm³/mol. The van der Waals surface area contributed by atoms with Gasteiger partial charge in [0.25, 0.3) is 5.91 Å². The number of benzene rings is 1. The molecule has 9 heteroatoms. The van der Waals surface area contributed by atoms with Crippen LogP contribution >= 0.6 is 0 Å². The van der Waals surface area contributed by atoms with Gasteiger partial charge >= 0.3 is 6.09 Å². The lowest BCUT2D eigenvalue weighted by Gasteiger charge is -2.33. The smallest absolute Gasteiger partial charge is 0.420 e. The van der Waals surface area contributed by atoms with E-state index in [1.807, 2.05) is 41.5 Å². The van der Waals surface area contributed by atoms with E-state index in [9.17, 15) is 9.59 Å². The maximum absolute atomic E-state index is 13.2. The molecule has 9 nitrogen and oxygen atoms in total. The summed E-state index contributed by atoms with van der Waals surface area (Å²) in [6.45, 7) is 16.5. The first-order chi connectivity index (χ1) is 14.4. The first kappa shape index (κ1) is 25.5. The minimum atomic E-state index is -1.00. The number of rotatable bonds is 5. The molecule has 1 aromatic carbocycles. The Morgan fingerprint density at radius 1 is 0.938 bits per heavy atom. The molecule has 0 unspecified atom stereocenters. The first-order valence-electron chi connectivity index (χ1n) is 10.5. The van der Waals surface area contributed by atoms with E-state index < -0.39 is 35.2 Å². The monoisotopic (exact) mass is 448 g/mol. The molecule has 0 saturated carbocycles. The number of amides is 1. The van der Waals surface area contributed by atoms with Crippen molar-refractivity contribution in [3.8, 4) is 0 Å². The van der Waals surface area contributed by atoms with Crippen molar-refractivity contribution < 1.29 is 23.8 Å². The lowest BCUT2D eigenvalue weighted by atomic mass is 10.1. The Morgan fingerprint density at radius 3 is 1.91 bits per heavy atom. The molecule has 0 atom stereocenters. The molecule has 0 spiro atoms. The standard InChI is InChI=1S/C23H36N4O5/c1-21(2,3)30-19(31-22(4,5)6)26-18-16(17(25)28)14-11-10-13(24)12-15(14)27(18)20(29)32-23(7,8)9/h10-12,19,26H,24H2,1-9H3,(H2,25,28). The number of ether oxygens (including phenoxy) is 3. The van der Waals surface area contributed by atoms with Crippen LogP contribution in [0.4, 0.5) is 16.3 Å². The van der Waals surface area contributed by atoms with E-state index in [2.05, 4.69) is 5.32 Å². The zero-order chi connectivity index (χ0) is 24.6. The fraction of sp³-hybridized carbons (Fsp3) is 0.565. The molecule has 0 aliphatic carbocycles. The highest BCUT2D eigenvalue weighted by Gasteiger charge is 2.32. The van der Waals surface area contributed by atoms with Gasteiger partial charge in [-0.2, -0.15) is 0 Å². The van der Waals surface area contributed by atoms with Crippen molar-refractivity contribution in [2.45, 2.75) is 85.5 Å². The second-order valence-corrected chi connectivity index (χ2v) is 10.6. The van der Waals surface area contributed by atoms with Gasteiger partial charge in [-0.25, -0.2) is 9.36 Å². The van der Waals surface area contributed by atoms with E-state index in [1.165, 1.54) is 4.57 Å². The average molecular weight is 449 g/mol. The molecule has 0 saturated heterocycles. The van der Waals surface area contributed by atoms with Crippen molar-refractivity contribution in [1.29, 1.82) is 0 Å². The molecule has 32 heavy (non-hydrogen) atoms. The number of nitrogens with one attached hydrogen (secondary N) is 1. The normalized spacial score (nSPS) is 12.9. The average Bonchev–Trinajstić information content (AvgIpc) is 2.82. The molecular formula is C23H36N4O5. The molecule has 0 aliphatic rings. The lowest BCUT2D eigenvalue weighted by molar-refractivity contribution is -0.219. The second kappa shape index (κ2) is 8.63. The van der Waals surface area contributed by atoms with Gasteiger partial charge in [0, 0.05) is 11.1 Å². The van der Waals surface area contributed by atoms with E-state index in [-0.39, 0.29) is 11.4 Å². The predicted octanol–water partition coefficient (Wildman–Crippen LogP) is 4.43. The number of nitrogen functional groups attached to an aromatic ring is 1. The minimum absolute atomic E-state index is 0.103. The molecule has 1 aromatic heterocycles. The Hall–Kier alpha value is -2.78. The van der Waals surface area contributed by atoms with Crippen LogP contribution in [0.2, 0.25) is 0 Å². The van der Waals surface area contributed by atoms with E-state index in [0.717, 1.165) is 0 Å². The Balaban J connectivity index is 2.76. The van der Waals surface area contributed by atoms with E-state index in [4.69, 9.17) is 25.7 Å². The number of carbonyl (C=O) groups excluding carboxylic acids is 2. The highest BCUT2D eigenvalue weighted by Crippen LogP contribution is 2.34. The largest absolute Gasteiger partial charge is 0.443 e. The quantitative estimate of drug-likeness (QED) is 0.455.